The van der Waals surface area contributed by atoms with Gasteiger partial charge in [-0.05, 0) is 13.3 Å². The number of oxime groups is 1. The zero-order valence-corrected chi connectivity index (χ0v) is 9.67. The third kappa shape index (κ3) is 3.44. The van der Waals surface area contributed by atoms with Gasteiger partial charge in [-0.15, -0.1) is 0 Å². The average Bonchev–Trinajstić information content (AvgIpc) is 2.73. The molecule has 1 unspecified atom stereocenters. The lowest BCUT2D eigenvalue weighted by molar-refractivity contribution is -0.123. The molecule has 0 saturated heterocycles. The molecule has 8 heteroatoms. The van der Waals surface area contributed by atoms with E-state index in [1.807, 2.05) is 0 Å². The number of nitrogens with one attached hydrogen (secondary N) is 1. The molecule has 8 nitrogen and oxygen atoms in total. The Kier molecular flexibility index (Phi) is 4.44. The molecular formula is C9H15N5O3. The zero-order chi connectivity index (χ0) is 12.8. The third-order valence-electron chi connectivity index (χ3n) is 2.18. The van der Waals surface area contributed by atoms with Crippen LogP contribution in [-0.2, 0) is 11.3 Å². The van der Waals surface area contributed by atoms with Crippen LogP contribution in [0, 0.1) is 12.8 Å². The van der Waals surface area contributed by atoms with E-state index in [9.17, 15) is 4.79 Å². The second-order valence-electron chi connectivity index (χ2n) is 3.44. The van der Waals surface area contributed by atoms with Crippen molar-refractivity contribution in [1.82, 2.24) is 15.5 Å². The van der Waals surface area contributed by atoms with Crippen LogP contribution in [0.3, 0.4) is 0 Å². The summed E-state index contributed by atoms with van der Waals surface area (Å²) >= 11 is 0. The molecule has 0 spiro atoms. The molecule has 1 aromatic rings. The van der Waals surface area contributed by atoms with E-state index < -0.39 is 5.92 Å². The van der Waals surface area contributed by atoms with Gasteiger partial charge in [0.15, 0.2) is 11.7 Å². The van der Waals surface area contributed by atoms with Gasteiger partial charge in [-0.1, -0.05) is 17.2 Å². The van der Waals surface area contributed by atoms with Crippen molar-refractivity contribution in [2.75, 3.05) is 0 Å². The Hall–Kier alpha value is -2.12. The van der Waals surface area contributed by atoms with Crippen molar-refractivity contribution >= 4 is 11.7 Å². The van der Waals surface area contributed by atoms with Gasteiger partial charge in [0.2, 0.25) is 11.8 Å². The maximum Gasteiger partial charge on any atom is 0.246 e. The second kappa shape index (κ2) is 5.83. The number of amidine groups is 1. The molecule has 1 rings (SSSR count). The van der Waals surface area contributed by atoms with Crippen molar-refractivity contribution in [1.29, 1.82) is 0 Å². The molecule has 1 amide bonds. The van der Waals surface area contributed by atoms with Crippen LogP contribution in [0.15, 0.2) is 9.68 Å². The molecule has 17 heavy (non-hydrogen) atoms. The van der Waals surface area contributed by atoms with E-state index in [1.165, 1.54) is 0 Å². The summed E-state index contributed by atoms with van der Waals surface area (Å²) in [6, 6.07) is 0. The molecule has 4 N–H and O–H groups in total. The Labute approximate surface area is 97.9 Å². The quantitative estimate of drug-likeness (QED) is 0.283. The van der Waals surface area contributed by atoms with Gasteiger partial charge in [-0.2, -0.15) is 4.98 Å². The normalized spacial score (nSPS) is 13.4. The van der Waals surface area contributed by atoms with Crippen LogP contribution in [0.4, 0.5) is 0 Å². The molecule has 1 aromatic heterocycles. The minimum absolute atomic E-state index is 0.119. The number of nitrogens with zero attached hydrogens (tertiary/aromatic N) is 3. The fraction of sp³-hybridized carbons (Fsp3) is 0.556. The minimum Gasteiger partial charge on any atom is -0.409 e. The van der Waals surface area contributed by atoms with Crippen molar-refractivity contribution in [3.8, 4) is 0 Å². The van der Waals surface area contributed by atoms with Gasteiger partial charge in [0.1, 0.15) is 0 Å². The Balaban J connectivity index is 2.54. The SMILES string of the molecule is CCC(C(=O)NCc1nc(C)no1)C(N)=NO. The second-order valence-corrected chi connectivity index (χ2v) is 3.44. The van der Waals surface area contributed by atoms with E-state index in [0.717, 1.165) is 0 Å². The van der Waals surface area contributed by atoms with Gasteiger partial charge in [-0.25, -0.2) is 0 Å². The lowest BCUT2D eigenvalue weighted by atomic mass is 10.1. The summed E-state index contributed by atoms with van der Waals surface area (Å²) in [5.41, 5.74) is 5.39. The van der Waals surface area contributed by atoms with Crippen LogP contribution in [0.2, 0.25) is 0 Å². The number of hydrogen-bond donors (Lipinski definition) is 3. The molecule has 0 aromatic carbocycles. The highest BCUT2D eigenvalue weighted by Gasteiger charge is 2.21. The van der Waals surface area contributed by atoms with Gasteiger partial charge < -0.3 is 20.8 Å². The number of carbonyl (C=O) groups is 1. The summed E-state index contributed by atoms with van der Waals surface area (Å²) in [7, 11) is 0. The third-order valence-corrected chi connectivity index (χ3v) is 2.18. The first-order valence-corrected chi connectivity index (χ1v) is 5.12. The van der Waals surface area contributed by atoms with Gasteiger partial charge in [0, 0.05) is 0 Å². The number of nitrogens with two attached hydrogens (primary N) is 1. The highest BCUT2D eigenvalue weighted by atomic mass is 16.5. The van der Waals surface area contributed by atoms with Gasteiger partial charge in [0.05, 0.1) is 12.5 Å². The number of hydrogen-bond acceptors (Lipinski definition) is 6. The molecular weight excluding hydrogens is 226 g/mol. The molecule has 0 bridgehead atoms. The van der Waals surface area contributed by atoms with Crippen molar-refractivity contribution < 1.29 is 14.5 Å². The van der Waals surface area contributed by atoms with Gasteiger partial charge >= 0.3 is 0 Å². The van der Waals surface area contributed by atoms with Crippen LogP contribution in [0.25, 0.3) is 0 Å². The number of rotatable bonds is 5. The first-order chi connectivity index (χ1) is 8.08. The summed E-state index contributed by atoms with van der Waals surface area (Å²) in [5.74, 6) is -0.322. The van der Waals surface area contributed by atoms with Crippen LogP contribution in [0.5, 0.6) is 0 Å². The molecule has 94 valence electrons. The fourth-order valence-electron chi connectivity index (χ4n) is 1.30. The van der Waals surface area contributed by atoms with Crippen LogP contribution < -0.4 is 11.1 Å². The van der Waals surface area contributed by atoms with Crippen molar-refractivity contribution in [3.63, 3.8) is 0 Å². The van der Waals surface area contributed by atoms with E-state index in [0.29, 0.717) is 18.1 Å². The van der Waals surface area contributed by atoms with E-state index >= 15 is 0 Å². The molecule has 0 aliphatic rings. The highest BCUT2D eigenvalue weighted by molar-refractivity contribution is 6.01. The summed E-state index contributed by atoms with van der Waals surface area (Å²) < 4.78 is 4.83. The fourth-order valence-corrected chi connectivity index (χ4v) is 1.30. The Bertz CT molecular complexity index is 415. The largest absolute Gasteiger partial charge is 0.409 e. The van der Waals surface area contributed by atoms with Crippen LogP contribution in [0.1, 0.15) is 25.1 Å². The zero-order valence-electron chi connectivity index (χ0n) is 9.67. The number of carbonyl (C=O) groups excluding carboxylic acids is 1. The molecule has 1 heterocycles. The minimum atomic E-state index is -0.663. The first-order valence-electron chi connectivity index (χ1n) is 5.12. The lowest BCUT2D eigenvalue weighted by Crippen LogP contribution is -2.38. The van der Waals surface area contributed by atoms with Gasteiger partial charge in [-0.3, -0.25) is 4.79 Å². The maximum absolute atomic E-state index is 11.7. The summed E-state index contributed by atoms with van der Waals surface area (Å²) in [5, 5.41) is 17.5. The first kappa shape index (κ1) is 12.9. The molecule has 0 aliphatic heterocycles. The Morgan fingerprint density at radius 1 is 1.71 bits per heavy atom. The molecule has 0 fully saturated rings. The summed E-state index contributed by atoms with van der Waals surface area (Å²) in [6.45, 7) is 3.56. The predicted molar refractivity (Wildman–Crippen MR) is 58.1 cm³/mol. The van der Waals surface area contributed by atoms with Crippen molar-refractivity contribution in [2.24, 2.45) is 16.8 Å². The van der Waals surface area contributed by atoms with Crippen LogP contribution in [-0.4, -0.2) is 27.1 Å². The number of amides is 1. The van der Waals surface area contributed by atoms with Crippen molar-refractivity contribution in [3.05, 3.63) is 11.7 Å². The molecule has 0 saturated carbocycles. The monoisotopic (exact) mass is 241 g/mol. The topological polar surface area (TPSA) is 127 Å². The molecule has 0 aliphatic carbocycles. The van der Waals surface area contributed by atoms with E-state index in [2.05, 4.69) is 20.6 Å². The Morgan fingerprint density at radius 2 is 2.41 bits per heavy atom. The number of aryl methyl sites for hydroxylation is 1. The van der Waals surface area contributed by atoms with Gasteiger partial charge in [0.25, 0.3) is 0 Å². The summed E-state index contributed by atoms with van der Waals surface area (Å²) in [4.78, 5) is 15.6. The maximum atomic E-state index is 11.7. The summed E-state index contributed by atoms with van der Waals surface area (Å²) in [6.07, 6.45) is 0.435. The Morgan fingerprint density at radius 3 is 2.88 bits per heavy atom. The average molecular weight is 241 g/mol. The lowest BCUT2D eigenvalue weighted by Gasteiger charge is -2.11. The van der Waals surface area contributed by atoms with E-state index in [4.69, 9.17) is 15.5 Å². The molecule has 1 atom stereocenters. The van der Waals surface area contributed by atoms with E-state index in [-0.39, 0.29) is 18.3 Å². The molecule has 0 radical (unpaired) electrons. The van der Waals surface area contributed by atoms with Crippen LogP contribution >= 0.6 is 0 Å². The van der Waals surface area contributed by atoms with E-state index in [1.54, 1.807) is 13.8 Å². The smallest absolute Gasteiger partial charge is 0.246 e. The standard InChI is InChI=1S/C9H15N5O3/c1-3-6(8(10)13-16)9(15)11-4-7-12-5(2)14-17-7/h6,16H,3-4H2,1-2H3,(H2,10,13)(H,11,15). The highest BCUT2D eigenvalue weighted by Crippen LogP contribution is 2.03. The van der Waals surface area contributed by atoms with Crippen molar-refractivity contribution in [2.45, 2.75) is 26.8 Å². The predicted octanol–water partition coefficient (Wildman–Crippen LogP) is -0.233. The number of aromatic nitrogens is 2.